The summed E-state index contributed by atoms with van der Waals surface area (Å²) in [6, 6.07) is 9.36. The van der Waals surface area contributed by atoms with Gasteiger partial charge in [-0.3, -0.25) is 9.78 Å². The molecule has 2 aromatic rings. The normalized spacial score (nSPS) is 12.8. The zero-order chi connectivity index (χ0) is 18.8. The molecule has 0 bridgehead atoms. The molecule has 0 aliphatic rings. The molecule has 2 rings (SSSR count). The second-order valence-electron chi connectivity index (χ2n) is 5.92. The van der Waals surface area contributed by atoms with E-state index < -0.39 is 10.0 Å². The molecule has 7 nitrogen and oxygen atoms in total. The average Bonchev–Trinajstić information content (AvgIpc) is 2.59. The Labute approximate surface area is 148 Å². The Bertz CT molecular complexity index is 867. The minimum absolute atomic E-state index is 0.0141. The first-order valence-corrected chi connectivity index (χ1v) is 9.09. The summed E-state index contributed by atoms with van der Waals surface area (Å²) in [4.78, 5) is 18.5. The lowest BCUT2D eigenvalue weighted by Gasteiger charge is -2.25. The maximum atomic E-state index is 12.8. The molecule has 8 heteroatoms. The van der Waals surface area contributed by atoms with E-state index in [0.717, 1.165) is 10.00 Å². The number of carbonyl (C=O) groups excluding carboxylic acids is 1. The summed E-state index contributed by atoms with van der Waals surface area (Å²) in [5.74, 6) is -0.333. The number of amides is 1. The Morgan fingerprint density at radius 2 is 1.84 bits per heavy atom. The minimum Gasteiger partial charge on any atom is -0.399 e. The second kappa shape index (κ2) is 7.20. The molecule has 0 aliphatic carbocycles. The van der Waals surface area contributed by atoms with Gasteiger partial charge in [0.2, 0.25) is 10.0 Å². The van der Waals surface area contributed by atoms with Gasteiger partial charge in [-0.1, -0.05) is 6.07 Å². The van der Waals surface area contributed by atoms with Crippen LogP contribution in [-0.2, 0) is 10.0 Å². The van der Waals surface area contributed by atoms with Crippen molar-refractivity contribution in [3.8, 4) is 0 Å². The molecule has 0 radical (unpaired) electrons. The molecule has 25 heavy (non-hydrogen) atoms. The summed E-state index contributed by atoms with van der Waals surface area (Å²) >= 11 is 0. The summed E-state index contributed by atoms with van der Waals surface area (Å²) in [5.41, 5.74) is 6.98. The van der Waals surface area contributed by atoms with Crippen molar-refractivity contribution >= 4 is 21.6 Å². The van der Waals surface area contributed by atoms with Crippen molar-refractivity contribution in [2.45, 2.75) is 17.9 Å². The summed E-state index contributed by atoms with van der Waals surface area (Å²) in [6.45, 7) is 1.85. The second-order valence-corrected chi connectivity index (χ2v) is 8.08. The van der Waals surface area contributed by atoms with Crippen molar-refractivity contribution < 1.29 is 13.2 Å². The third-order valence-electron chi connectivity index (χ3n) is 3.97. The molecule has 2 N–H and O–H groups in total. The summed E-state index contributed by atoms with van der Waals surface area (Å²) in [6.07, 6.45) is 1.66. The monoisotopic (exact) mass is 362 g/mol. The van der Waals surface area contributed by atoms with Crippen molar-refractivity contribution in [2.75, 3.05) is 26.9 Å². The average molecular weight is 362 g/mol. The standard InChI is InChI=1S/C17H22N4O3S/c1-12(16-7-5-6-8-19-16)21(4)17(22)13-9-14(18)11-15(10-13)25(23,24)20(2)3/h5-12H,18H2,1-4H3/t12-/m0/s1. The maximum absolute atomic E-state index is 12.8. The van der Waals surface area contributed by atoms with E-state index in [-0.39, 0.29) is 28.1 Å². The summed E-state index contributed by atoms with van der Waals surface area (Å²) in [7, 11) is 0.812. The first-order valence-electron chi connectivity index (χ1n) is 7.65. The van der Waals surface area contributed by atoms with Gasteiger partial charge in [-0.25, -0.2) is 12.7 Å². The van der Waals surface area contributed by atoms with Crippen LogP contribution in [0.1, 0.15) is 29.0 Å². The lowest BCUT2D eigenvalue weighted by atomic mass is 10.1. The van der Waals surface area contributed by atoms with Gasteiger partial charge in [-0.2, -0.15) is 0 Å². The minimum atomic E-state index is -3.68. The van der Waals surface area contributed by atoms with Crippen molar-refractivity contribution in [1.82, 2.24) is 14.2 Å². The van der Waals surface area contributed by atoms with Gasteiger partial charge in [0.25, 0.3) is 5.91 Å². The van der Waals surface area contributed by atoms with Crippen LogP contribution in [-0.4, -0.2) is 49.7 Å². The van der Waals surface area contributed by atoms with E-state index in [0.29, 0.717) is 0 Å². The molecule has 0 unspecified atom stereocenters. The van der Waals surface area contributed by atoms with E-state index in [1.807, 2.05) is 19.1 Å². The molecule has 0 spiro atoms. The van der Waals surface area contributed by atoms with Crippen molar-refractivity contribution in [3.63, 3.8) is 0 Å². The molecular weight excluding hydrogens is 340 g/mol. The highest BCUT2D eigenvalue weighted by Crippen LogP contribution is 2.23. The Kier molecular flexibility index (Phi) is 5.44. The predicted octanol–water partition coefficient (Wildman–Crippen LogP) is 1.75. The van der Waals surface area contributed by atoms with Gasteiger partial charge in [-0.15, -0.1) is 0 Å². The van der Waals surface area contributed by atoms with Crippen molar-refractivity contribution in [3.05, 3.63) is 53.9 Å². The third kappa shape index (κ3) is 3.97. The van der Waals surface area contributed by atoms with E-state index in [1.165, 1.54) is 37.2 Å². The summed E-state index contributed by atoms with van der Waals surface area (Å²) in [5, 5.41) is 0. The Hall–Kier alpha value is -2.45. The first kappa shape index (κ1) is 18.9. The van der Waals surface area contributed by atoms with Gasteiger partial charge in [-0.05, 0) is 37.3 Å². The highest BCUT2D eigenvalue weighted by atomic mass is 32.2. The third-order valence-corrected chi connectivity index (χ3v) is 5.76. The number of aromatic nitrogens is 1. The molecule has 0 aliphatic heterocycles. The van der Waals surface area contributed by atoms with Gasteiger partial charge < -0.3 is 10.6 Å². The van der Waals surface area contributed by atoms with E-state index in [2.05, 4.69) is 4.98 Å². The topological polar surface area (TPSA) is 96.6 Å². The quantitative estimate of drug-likeness (QED) is 0.817. The lowest BCUT2D eigenvalue weighted by Crippen LogP contribution is -2.30. The Morgan fingerprint density at radius 3 is 2.40 bits per heavy atom. The Balaban J connectivity index is 2.38. The number of hydrogen-bond acceptors (Lipinski definition) is 5. The van der Waals surface area contributed by atoms with Crippen LogP contribution >= 0.6 is 0 Å². The molecule has 1 heterocycles. The SMILES string of the molecule is C[C@@H](c1ccccn1)N(C)C(=O)c1cc(N)cc(S(=O)(=O)N(C)C)c1. The van der Waals surface area contributed by atoms with Gasteiger partial charge in [0.1, 0.15) is 0 Å². The number of nitrogens with zero attached hydrogens (tertiary/aromatic N) is 3. The summed E-state index contributed by atoms with van der Waals surface area (Å²) < 4.78 is 25.7. The van der Waals surface area contributed by atoms with E-state index in [4.69, 9.17) is 5.73 Å². The molecule has 1 atom stereocenters. The van der Waals surface area contributed by atoms with Crippen LogP contribution in [0.4, 0.5) is 5.69 Å². The molecule has 1 amide bonds. The fraction of sp³-hybridized carbons (Fsp3) is 0.294. The van der Waals surface area contributed by atoms with E-state index in [1.54, 1.807) is 19.3 Å². The van der Waals surface area contributed by atoms with Crippen molar-refractivity contribution in [1.29, 1.82) is 0 Å². The number of rotatable bonds is 5. The van der Waals surface area contributed by atoms with E-state index in [9.17, 15) is 13.2 Å². The molecule has 0 fully saturated rings. The smallest absolute Gasteiger partial charge is 0.254 e. The van der Waals surface area contributed by atoms with Gasteiger partial charge in [0.15, 0.2) is 0 Å². The number of pyridine rings is 1. The Morgan fingerprint density at radius 1 is 1.16 bits per heavy atom. The fourth-order valence-electron chi connectivity index (χ4n) is 2.31. The zero-order valence-corrected chi connectivity index (χ0v) is 15.5. The number of carbonyl (C=O) groups is 1. The van der Waals surface area contributed by atoms with Gasteiger partial charge >= 0.3 is 0 Å². The number of hydrogen-bond donors (Lipinski definition) is 1. The first-order chi connectivity index (χ1) is 11.6. The fourth-order valence-corrected chi connectivity index (χ4v) is 3.29. The maximum Gasteiger partial charge on any atom is 0.254 e. The van der Waals surface area contributed by atoms with E-state index >= 15 is 0 Å². The van der Waals surface area contributed by atoms with Crippen LogP contribution in [0.3, 0.4) is 0 Å². The number of anilines is 1. The molecule has 0 saturated heterocycles. The number of sulfonamides is 1. The number of nitrogens with two attached hydrogens (primary N) is 1. The molecule has 134 valence electrons. The van der Waals surface area contributed by atoms with Crippen LogP contribution in [0.15, 0.2) is 47.5 Å². The number of benzene rings is 1. The van der Waals surface area contributed by atoms with Crippen molar-refractivity contribution in [2.24, 2.45) is 0 Å². The van der Waals surface area contributed by atoms with Crippen LogP contribution in [0.2, 0.25) is 0 Å². The number of nitrogen functional groups attached to an aromatic ring is 1. The van der Waals surface area contributed by atoms with Gasteiger partial charge in [0, 0.05) is 38.6 Å². The lowest BCUT2D eigenvalue weighted by molar-refractivity contribution is 0.0739. The molecule has 1 aromatic carbocycles. The highest BCUT2D eigenvalue weighted by Gasteiger charge is 2.23. The van der Waals surface area contributed by atoms with Crippen LogP contribution in [0.5, 0.6) is 0 Å². The molecule has 0 saturated carbocycles. The largest absolute Gasteiger partial charge is 0.399 e. The van der Waals surface area contributed by atoms with Crippen LogP contribution in [0, 0.1) is 0 Å². The predicted molar refractivity (Wildman–Crippen MR) is 96.5 cm³/mol. The van der Waals surface area contributed by atoms with Crippen LogP contribution in [0.25, 0.3) is 0 Å². The molecular formula is C17H22N4O3S. The van der Waals surface area contributed by atoms with Gasteiger partial charge in [0.05, 0.1) is 16.6 Å². The molecule has 1 aromatic heterocycles. The highest BCUT2D eigenvalue weighted by molar-refractivity contribution is 7.89. The van der Waals surface area contributed by atoms with Crippen LogP contribution < -0.4 is 5.73 Å². The zero-order valence-electron chi connectivity index (χ0n) is 14.7.